The van der Waals surface area contributed by atoms with Crippen molar-refractivity contribution < 1.29 is 9.53 Å². The normalized spacial score (nSPS) is 10.8. The van der Waals surface area contributed by atoms with Gasteiger partial charge in [-0.25, -0.2) is 5.43 Å². The number of ether oxygens (including phenoxy) is 1. The number of amides is 1. The van der Waals surface area contributed by atoms with Crippen molar-refractivity contribution in [1.29, 1.82) is 0 Å². The van der Waals surface area contributed by atoms with Gasteiger partial charge in [0.1, 0.15) is 5.75 Å². The van der Waals surface area contributed by atoms with Crippen LogP contribution in [0.3, 0.4) is 0 Å². The van der Waals surface area contributed by atoms with Crippen LogP contribution in [0.15, 0.2) is 35.4 Å². The fraction of sp³-hybridized carbons (Fsp3) is 0.222. The minimum Gasteiger partial charge on any atom is -0.494 e. The van der Waals surface area contributed by atoms with Crippen LogP contribution < -0.4 is 15.1 Å². The smallest absolute Gasteiger partial charge is 0.275 e. The molecule has 0 unspecified atom stereocenters. The fourth-order valence-corrected chi connectivity index (χ4v) is 2.81. The summed E-state index contributed by atoms with van der Waals surface area (Å²) in [7, 11) is 5.39. The molecule has 2 aromatic rings. The van der Waals surface area contributed by atoms with Crippen LogP contribution in [0.4, 0.5) is 5.69 Å². The number of carbonyl (C=O) groups is 1. The van der Waals surface area contributed by atoms with E-state index in [2.05, 4.69) is 10.5 Å². The maximum absolute atomic E-state index is 12.3. The molecule has 0 aliphatic rings. The van der Waals surface area contributed by atoms with E-state index in [1.807, 2.05) is 44.1 Å². The highest BCUT2D eigenvalue weighted by Crippen LogP contribution is 2.32. The number of benzene rings is 2. The van der Waals surface area contributed by atoms with E-state index < -0.39 is 5.91 Å². The lowest BCUT2D eigenvalue weighted by Gasteiger charge is -2.13. The van der Waals surface area contributed by atoms with Gasteiger partial charge < -0.3 is 9.64 Å². The van der Waals surface area contributed by atoms with Crippen LogP contribution in [0.2, 0.25) is 10.0 Å². The van der Waals surface area contributed by atoms with Crippen LogP contribution >= 0.6 is 23.2 Å². The Morgan fingerprint density at radius 1 is 1.24 bits per heavy atom. The van der Waals surface area contributed by atoms with Gasteiger partial charge in [0.2, 0.25) is 0 Å². The number of hydrogen-bond donors (Lipinski definition) is 1. The van der Waals surface area contributed by atoms with Crippen LogP contribution in [0.1, 0.15) is 21.5 Å². The Hall–Kier alpha value is -2.24. The quantitative estimate of drug-likeness (QED) is 0.627. The highest BCUT2D eigenvalue weighted by molar-refractivity contribution is 6.36. The van der Waals surface area contributed by atoms with E-state index in [0.717, 1.165) is 16.8 Å². The fourth-order valence-electron chi connectivity index (χ4n) is 2.24. The SMILES string of the molecule is COc1c(Cl)cc(Cl)cc1C(=O)NN=Cc1ccc(N(C)C)cc1C. The van der Waals surface area contributed by atoms with E-state index in [4.69, 9.17) is 27.9 Å². The Labute approximate surface area is 157 Å². The molecule has 0 aliphatic carbocycles. The zero-order valence-electron chi connectivity index (χ0n) is 14.4. The summed E-state index contributed by atoms with van der Waals surface area (Å²) in [5.41, 5.74) is 5.73. The summed E-state index contributed by atoms with van der Waals surface area (Å²) in [6, 6.07) is 8.96. The van der Waals surface area contributed by atoms with Gasteiger partial charge in [0, 0.05) is 24.8 Å². The molecule has 0 heterocycles. The lowest BCUT2D eigenvalue weighted by atomic mass is 10.1. The van der Waals surface area contributed by atoms with E-state index >= 15 is 0 Å². The molecule has 0 aromatic heterocycles. The number of halogens is 2. The molecule has 0 bridgehead atoms. The highest BCUT2D eigenvalue weighted by Gasteiger charge is 2.16. The molecule has 0 aliphatic heterocycles. The predicted molar refractivity (Wildman–Crippen MR) is 104 cm³/mol. The first kappa shape index (κ1) is 19.1. The summed E-state index contributed by atoms with van der Waals surface area (Å²) in [4.78, 5) is 14.3. The van der Waals surface area contributed by atoms with Crippen molar-refractivity contribution in [2.45, 2.75) is 6.92 Å². The molecule has 0 spiro atoms. The zero-order chi connectivity index (χ0) is 18.6. The van der Waals surface area contributed by atoms with E-state index in [9.17, 15) is 4.79 Å². The van der Waals surface area contributed by atoms with Gasteiger partial charge in [-0.05, 0) is 42.3 Å². The molecule has 1 amide bonds. The van der Waals surface area contributed by atoms with Gasteiger partial charge in [-0.2, -0.15) is 5.10 Å². The molecule has 132 valence electrons. The third-order valence-corrected chi connectivity index (χ3v) is 4.10. The van der Waals surface area contributed by atoms with E-state index in [0.29, 0.717) is 5.02 Å². The number of anilines is 1. The molecule has 7 heteroatoms. The standard InChI is InChI=1S/C18H19Cl2N3O2/c1-11-7-14(23(2)3)6-5-12(11)10-21-22-18(24)15-8-13(19)9-16(20)17(15)25-4/h5-10H,1-4H3,(H,22,24). The van der Waals surface area contributed by atoms with Gasteiger partial charge in [0.25, 0.3) is 5.91 Å². The highest BCUT2D eigenvalue weighted by atomic mass is 35.5. The molecule has 0 radical (unpaired) electrons. The summed E-state index contributed by atoms with van der Waals surface area (Å²) in [6.07, 6.45) is 1.59. The Morgan fingerprint density at radius 2 is 1.96 bits per heavy atom. The van der Waals surface area contributed by atoms with Gasteiger partial charge in [0.15, 0.2) is 0 Å². The minimum absolute atomic E-state index is 0.219. The number of hydrazone groups is 1. The Morgan fingerprint density at radius 3 is 2.56 bits per heavy atom. The topological polar surface area (TPSA) is 53.9 Å². The molecular formula is C18H19Cl2N3O2. The summed E-state index contributed by atoms with van der Waals surface area (Å²) >= 11 is 12.0. The van der Waals surface area contributed by atoms with Crippen LogP contribution in [0.5, 0.6) is 5.75 Å². The van der Waals surface area contributed by atoms with Gasteiger partial charge in [-0.3, -0.25) is 4.79 Å². The first-order chi connectivity index (χ1) is 11.8. The number of nitrogens with one attached hydrogen (secondary N) is 1. The van der Waals surface area contributed by atoms with E-state index in [-0.39, 0.29) is 16.3 Å². The van der Waals surface area contributed by atoms with Gasteiger partial charge in [-0.1, -0.05) is 29.3 Å². The third kappa shape index (κ3) is 4.65. The maximum atomic E-state index is 12.3. The predicted octanol–water partition coefficient (Wildman–Crippen LogP) is 4.14. The van der Waals surface area contributed by atoms with Crippen LogP contribution in [0, 0.1) is 6.92 Å². The summed E-state index contributed by atoms with van der Waals surface area (Å²) in [6.45, 7) is 1.98. The number of hydrogen-bond acceptors (Lipinski definition) is 4. The molecule has 25 heavy (non-hydrogen) atoms. The van der Waals surface area contributed by atoms with Crippen molar-refractivity contribution in [2.24, 2.45) is 5.10 Å². The molecule has 0 fully saturated rings. The molecule has 5 nitrogen and oxygen atoms in total. The number of rotatable bonds is 5. The van der Waals surface area contributed by atoms with Crippen molar-refractivity contribution >= 4 is 41.0 Å². The number of carbonyl (C=O) groups excluding carboxylic acids is 1. The lowest BCUT2D eigenvalue weighted by molar-refractivity contribution is 0.0952. The summed E-state index contributed by atoms with van der Waals surface area (Å²) < 4.78 is 5.16. The first-order valence-electron chi connectivity index (χ1n) is 7.48. The Bertz CT molecular complexity index is 820. The van der Waals surface area contributed by atoms with Gasteiger partial charge in [0.05, 0.1) is 23.9 Å². The molecular weight excluding hydrogens is 361 g/mol. The average Bonchev–Trinajstić information content (AvgIpc) is 2.55. The van der Waals surface area contributed by atoms with Gasteiger partial charge in [-0.15, -0.1) is 0 Å². The van der Waals surface area contributed by atoms with Crippen LogP contribution in [-0.2, 0) is 0 Å². The van der Waals surface area contributed by atoms with E-state index in [1.54, 1.807) is 6.21 Å². The number of aryl methyl sites for hydroxylation is 1. The largest absolute Gasteiger partial charge is 0.494 e. The molecule has 0 saturated carbocycles. The molecule has 1 N–H and O–H groups in total. The van der Waals surface area contributed by atoms with Gasteiger partial charge >= 0.3 is 0 Å². The third-order valence-electron chi connectivity index (χ3n) is 3.60. The van der Waals surface area contributed by atoms with Crippen molar-refractivity contribution in [3.8, 4) is 5.75 Å². The van der Waals surface area contributed by atoms with Crippen LogP contribution in [-0.4, -0.2) is 33.3 Å². The number of methoxy groups -OCH3 is 1. The molecule has 2 aromatic carbocycles. The first-order valence-corrected chi connectivity index (χ1v) is 8.23. The second kappa shape index (κ2) is 8.23. The number of nitrogens with zero attached hydrogens (tertiary/aromatic N) is 2. The van der Waals surface area contributed by atoms with Crippen molar-refractivity contribution in [2.75, 3.05) is 26.1 Å². The molecule has 0 saturated heterocycles. The van der Waals surface area contributed by atoms with Crippen LogP contribution in [0.25, 0.3) is 0 Å². The lowest BCUT2D eigenvalue weighted by Crippen LogP contribution is -2.18. The zero-order valence-corrected chi connectivity index (χ0v) is 15.9. The summed E-state index contributed by atoms with van der Waals surface area (Å²) in [5, 5.41) is 4.61. The van der Waals surface area contributed by atoms with Crippen molar-refractivity contribution in [3.63, 3.8) is 0 Å². The van der Waals surface area contributed by atoms with E-state index in [1.165, 1.54) is 19.2 Å². The monoisotopic (exact) mass is 379 g/mol. The van der Waals surface area contributed by atoms with Crippen molar-refractivity contribution in [1.82, 2.24) is 5.43 Å². The second-order valence-corrected chi connectivity index (χ2v) is 6.45. The molecule has 2 rings (SSSR count). The minimum atomic E-state index is -0.458. The summed E-state index contributed by atoms with van der Waals surface area (Å²) in [5.74, 6) is -0.203. The molecule has 0 atom stereocenters. The van der Waals surface area contributed by atoms with Crippen molar-refractivity contribution in [3.05, 3.63) is 57.1 Å². The maximum Gasteiger partial charge on any atom is 0.275 e. The Kier molecular flexibility index (Phi) is 6.28. The second-order valence-electron chi connectivity index (χ2n) is 5.60. The average molecular weight is 380 g/mol. The Balaban J connectivity index is 2.16.